The molecular formula is C22H16Cl2N2O4. The summed E-state index contributed by atoms with van der Waals surface area (Å²) < 4.78 is 10.6. The lowest BCUT2D eigenvalue weighted by Crippen LogP contribution is -2.17. The van der Waals surface area contributed by atoms with E-state index < -0.39 is 11.9 Å². The quantitative estimate of drug-likeness (QED) is 0.252. The highest BCUT2D eigenvalue weighted by Crippen LogP contribution is 2.23. The number of hydrazone groups is 1. The van der Waals surface area contributed by atoms with Gasteiger partial charge in [0.25, 0.3) is 5.91 Å². The molecule has 3 rings (SSSR count). The van der Waals surface area contributed by atoms with Crippen LogP contribution in [0.1, 0.15) is 26.3 Å². The Morgan fingerprint density at radius 1 is 0.933 bits per heavy atom. The van der Waals surface area contributed by atoms with Crippen molar-refractivity contribution in [1.29, 1.82) is 0 Å². The van der Waals surface area contributed by atoms with Crippen molar-refractivity contribution in [2.75, 3.05) is 7.11 Å². The molecule has 6 nitrogen and oxygen atoms in total. The molecule has 0 aromatic heterocycles. The Balaban J connectivity index is 1.74. The second-order valence-electron chi connectivity index (χ2n) is 6.01. The summed E-state index contributed by atoms with van der Waals surface area (Å²) in [6, 6.07) is 17.6. The fourth-order valence-corrected chi connectivity index (χ4v) is 2.75. The number of halogens is 2. The predicted octanol–water partition coefficient (Wildman–Crippen LogP) is 4.99. The first-order valence-electron chi connectivity index (χ1n) is 8.71. The van der Waals surface area contributed by atoms with E-state index in [0.29, 0.717) is 32.5 Å². The smallest absolute Gasteiger partial charge is 0.343 e. The van der Waals surface area contributed by atoms with Gasteiger partial charge in [-0.3, -0.25) is 4.79 Å². The molecule has 0 saturated heterocycles. The van der Waals surface area contributed by atoms with Crippen LogP contribution in [0.3, 0.4) is 0 Å². The maximum atomic E-state index is 12.5. The lowest BCUT2D eigenvalue weighted by Gasteiger charge is -2.09. The zero-order valence-corrected chi connectivity index (χ0v) is 17.3. The summed E-state index contributed by atoms with van der Waals surface area (Å²) in [6.07, 6.45) is 1.34. The Morgan fingerprint density at radius 3 is 2.40 bits per heavy atom. The highest BCUT2D eigenvalue weighted by Gasteiger charge is 2.13. The van der Waals surface area contributed by atoms with Crippen LogP contribution in [0.25, 0.3) is 0 Å². The van der Waals surface area contributed by atoms with Crippen LogP contribution in [0, 0.1) is 0 Å². The van der Waals surface area contributed by atoms with Crippen molar-refractivity contribution in [2.45, 2.75) is 0 Å². The lowest BCUT2D eigenvalue weighted by molar-refractivity contribution is 0.0733. The van der Waals surface area contributed by atoms with Gasteiger partial charge in [-0.15, -0.1) is 0 Å². The summed E-state index contributed by atoms with van der Waals surface area (Å²) >= 11 is 11.9. The topological polar surface area (TPSA) is 77.0 Å². The van der Waals surface area contributed by atoms with Crippen molar-refractivity contribution in [1.82, 2.24) is 5.43 Å². The second-order valence-corrected chi connectivity index (χ2v) is 6.88. The van der Waals surface area contributed by atoms with Gasteiger partial charge in [-0.25, -0.2) is 10.2 Å². The fourth-order valence-electron chi connectivity index (χ4n) is 2.45. The molecule has 0 aliphatic heterocycles. The van der Waals surface area contributed by atoms with E-state index in [2.05, 4.69) is 10.5 Å². The van der Waals surface area contributed by atoms with E-state index in [0.717, 1.165) is 0 Å². The Labute approximate surface area is 183 Å². The lowest BCUT2D eigenvalue weighted by atomic mass is 10.2. The Hall–Kier alpha value is -3.35. The van der Waals surface area contributed by atoms with E-state index in [9.17, 15) is 9.59 Å². The first-order valence-corrected chi connectivity index (χ1v) is 9.46. The minimum absolute atomic E-state index is 0.233. The van der Waals surface area contributed by atoms with Gasteiger partial charge >= 0.3 is 5.97 Å². The van der Waals surface area contributed by atoms with E-state index >= 15 is 0 Å². The predicted molar refractivity (Wildman–Crippen MR) is 116 cm³/mol. The molecule has 0 aliphatic carbocycles. The van der Waals surface area contributed by atoms with Gasteiger partial charge in [0, 0.05) is 21.2 Å². The average Bonchev–Trinajstić information content (AvgIpc) is 2.76. The largest absolute Gasteiger partial charge is 0.497 e. The highest BCUT2D eigenvalue weighted by molar-refractivity contribution is 6.31. The van der Waals surface area contributed by atoms with Gasteiger partial charge in [-0.1, -0.05) is 29.3 Å². The van der Waals surface area contributed by atoms with Gasteiger partial charge < -0.3 is 9.47 Å². The number of hydrogen-bond acceptors (Lipinski definition) is 5. The molecule has 0 radical (unpaired) electrons. The number of rotatable bonds is 6. The molecule has 0 spiro atoms. The molecule has 0 unspecified atom stereocenters. The van der Waals surface area contributed by atoms with E-state index in [-0.39, 0.29) is 5.75 Å². The third kappa shape index (κ3) is 5.59. The molecule has 3 aromatic rings. The molecule has 0 heterocycles. The molecule has 0 fully saturated rings. The van der Waals surface area contributed by atoms with E-state index in [1.54, 1.807) is 66.7 Å². The summed E-state index contributed by atoms with van der Waals surface area (Å²) in [7, 11) is 1.51. The van der Waals surface area contributed by atoms with Crippen LogP contribution in [-0.2, 0) is 0 Å². The molecule has 0 saturated carbocycles. The average molecular weight is 443 g/mol. The number of ether oxygens (including phenoxy) is 2. The van der Waals surface area contributed by atoms with Crippen LogP contribution >= 0.6 is 23.2 Å². The molecule has 3 aromatic carbocycles. The van der Waals surface area contributed by atoms with Crippen molar-refractivity contribution < 1.29 is 19.1 Å². The minimum atomic E-state index is -0.573. The van der Waals surface area contributed by atoms with E-state index in [1.165, 1.54) is 13.3 Å². The number of carbonyl (C=O) groups excluding carboxylic acids is 2. The third-order valence-electron chi connectivity index (χ3n) is 3.96. The molecule has 0 atom stereocenters. The zero-order valence-electron chi connectivity index (χ0n) is 15.8. The molecular weight excluding hydrogens is 427 g/mol. The maximum absolute atomic E-state index is 12.5. The Bertz CT molecular complexity index is 1100. The van der Waals surface area contributed by atoms with Gasteiger partial charge in [0.1, 0.15) is 11.5 Å². The van der Waals surface area contributed by atoms with Crippen LogP contribution < -0.4 is 14.9 Å². The van der Waals surface area contributed by atoms with Gasteiger partial charge in [0.05, 0.1) is 18.9 Å². The first kappa shape index (κ1) is 21.4. The van der Waals surface area contributed by atoms with E-state index in [4.69, 9.17) is 32.7 Å². The zero-order chi connectivity index (χ0) is 21.5. The number of carbonyl (C=O) groups is 2. The second kappa shape index (κ2) is 9.91. The summed E-state index contributed by atoms with van der Waals surface area (Å²) in [5.74, 6) is -0.222. The minimum Gasteiger partial charge on any atom is -0.497 e. The van der Waals surface area contributed by atoms with Crippen LogP contribution in [0.4, 0.5) is 0 Å². The molecule has 0 bridgehead atoms. The number of amides is 1. The SMILES string of the molecule is COc1cccc(C(=O)Oc2ccc(Cl)cc2/C=N/NC(=O)c2ccc(Cl)cc2)c1. The van der Waals surface area contributed by atoms with Crippen molar-refractivity contribution in [3.8, 4) is 11.5 Å². The number of nitrogens with one attached hydrogen (secondary N) is 1. The third-order valence-corrected chi connectivity index (χ3v) is 4.44. The monoisotopic (exact) mass is 442 g/mol. The Kier molecular flexibility index (Phi) is 7.06. The molecule has 1 N–H and O–H groups in total. The Morgan fingerprint density at radius 2 is 1.67 bits per heavy atom. The van der Waals surface area contributed by atoms with Crippen molar-refractivity contribution >= 4 is 41.3 Å². The maximum Gasteiger partial charge on any atom is 0.343 e. The molecule has 8 heteroatoms. The van der Waals surface area contributed by atoms with Gasteiger partial charge in [0.2, 0.25) is 0 Å². The molecule has 0 aliphatic rings. The number of nitrogens with zero attached hydrogens (tertiary/aromatic N) is 1. The summed E-state index contributed by atoms with van der Waals surface area (Å²) in [6.45, 7) is 0. The van der Waals surface area contributed by atoms with Crippen LogP contribution in [0.15, 0.2) is 71.8 Å². The van der Waals surface area contributed by atoms with Crippen LogP contribution in [0.2, 0.25) is 10.0 Å². The summed E-state index contributed by atoms with van der Waals surface area (Å²) in [4.78, 5) is 24.6. The number of benzene rings is 3. The van der Waals surface area contributed by atoms with Gasteiger partial charge in [-0.05, 0) is 60.7 Å². The molecule has 1 amide bonds. The number of methoxy groups -OCH3 is 1. The van der Waals surface area contributed by atoms with Crippen LogP contribution in [0.5, 0.6) is 11.5 Å². The number of esters is 1. The van der Waals surface area contributed by atoms with Crippen LogP contribution in [-0.4, -0.2) is 25.2 Å². The molecule has 30 heavy (non-hydrogen) atoms. The summed E-state index contributed by atoms with van der Waals surface area (Å²) in [5.41, 5.74) is 3.53. The normalized spacial score (nSPS) is 10.6. The van der Waals surface area contributed by atoms with Gasteiger partial charge in [0.15, 0.2) is 0 Å². The fraction of sp³-hybridized carbons (Fsp3) is 0.0455. The van der Waals surface area contributed by atoms with Crippen molar-refractivity contribution in [3.63, 3.8) is 0 Å². The number of hydrogen-bond donors (Lipinski definition) is 1. The van der Waals surface area contributed by atoms with Gasteiger partial charge in [-0.2, -0.15) is 5.10 Å². The van der Waals surface area contributed by atoms with E-state index in [1.807, 2.05) is 0 Å². The van der Waals surface area contributed by atoms with Crippen molar-refractivity contribution in [2.24, 2.45) is 5.10 Å². The van der Waals surface area contributed by atoms with Crippen molar-refractivity contribution in [3.05, 3.63) is 93.5 Å². The highest BCUT2D eigenvalue weighted by atomic mass is 35.5. The summed E-state index contributed by atoms with van der Waals surface area (Å²) in [5, 5.41) is 4.86. The first-order chi connectivity index (χ1) is 14.5. The molecule has 152 valence electrons. The standard InChI is InChI=1S/C22H16Cl2N2O4/c1-29-19-4-2-3-15(12-19)22(28)30-20-10-9-18(24)11-16(20)13-25-26-21(27)14-5-7-17(23)8-6-14/h2-13H,1H3,(H,26,27)/b25-13+.